The summed E-state index contributed by atoms with van der Waals surface area (Å²) in [5.41, 5.74) is 0.515. The quantitative estimate of drug-likeness (QED) is 0.436. The summed E-state index contributed by atoms with van der Waals surface area (Å²) in [6.45, 7) is 8.40. The number of thiocarbonyl (C=S) groups is 1. The Bertz CT molecular complexity index is 1120. The zero-order valence-electron chi connectivity index (χ0n) is 18.7. The minimum absolute atomic E-state index is 0.0412. The lowest BCUT2D eigenvalue weighted by atomic mass is 10.1. The first-order valence-corrected chi connectivity index (χ1v) is 11.1. The van der Waals surface area contributed by atoms with E-state index in [1.54, 1.807) is 12.1 Å². The number of hydrogen-bond acceptors (Lipinski definition) is 6. The first-order chi connectivity index (χ1) is 15.4. The van der Waals surface area contributed by atoms with Crippen molar-refractivity contribution >= 4 is 23.0 Å². The number of rotatable bonds is 6. The molecule has 0 bridgehead atoms. The Morgan fingerprint density at radius 1 is 1.22 bits per heavy atom. The molecule has 0 atom stereocenters. The third-order valence-corrected chi connectivity index (χ3v) is 6.12. The van der Waals surface area contributed by atoms with E-state index in [9.17, 15) is 14.7 Å². The predicted molar refractivity (Wildman–Crippen MR) is 130 cm³/mol. The average molecular weight is 459 g/mol. The first kappa shape index (κ1) is 23.7. The zero-order valence-corrected chi connectivity index (χ0v) is 19.5. The van der Waals surface area contributed by atoms with Gasteiger partial charge in [-0.25, -0.2) is 9.36 Å². The Hall–Kier alpha value is -2.98. The lowest BCUT2D eigenvalue weighted by Gasteiger charge is -2.35. The summed E-state index contributed by atoms with van der Waals surface area (Å²) in [6.07, 6.45) is 0.451. The van der Waals surface area contributed by atoms with Gasteiger partial charge in [0, 0.05) is 39.8 Å². The first-order valence-electron chi connectivity index (χ1n) is 10.7. The number of aliphatic imine (C=N–C) groups is 1. The number of nitrogens with one attached hydrogen (secondary N) is 2. The van der Waals surface area contributed by atoms with Crippen LogP contribution in [0.3, 0.4) is 0 Å². The number of nitrogens with zero attached hydrogens (tertiary/aromatic N) is 4. The van der Waals surface area contributed by atoms with Crippen LogP contribution in [0.5, 0.6) is 5.88 Å². The molecule has 1 aromatic carbocycles. The van der Waals surface area contributed by atoms with Crippen molar-refractivity contribution < 1.29 is 5.11 Å². The van der Waals surface area contributed by atoms with Crippen molar-refractivity contribution in [1.82, 2.24) is 24.7 Å². The van der Waals surface area contributed by atoms with Crippen LogP contribution in [-0.4, -0.2) is 81.6 Å². The number of aryl methyl sites for hydroxylation is 1. The molecule has 0 spiro atoms. The number of benzene rings is 1. The SMILES string of the molecule is CCC(=NCCN1CCN(C(=S)NC)CC1)c1c(O)n(-c2ccccc2C)c(=O)[nH]c1=O. The summed E-state index contributed by atoms with van der Waals surface area (Å²) < 4.78 is 1.13. The van der Waals surface area contributed by atoms with E-state index < -0.39 is 11.2 Å². The van der Waals surface area contributed by atoms with Crippen LogP contribution in [0.25, 0.3) is 5.69 Å². The standard InChI is InChI=1S/C22H30N6O3S/c1-4-16(24-9-10-26-11-13-27(14-12-26)22(32)23-3)18-19(29)25-21(31)28(20(18)30)17-8-6-5-7-15(17)2/h5-8,30H,4,9-14H2,1-3H3,(H,23,32)(H,25,29,31). The van der Waals surface area contributed by atoms with Crippen molar-refractivity contribution in [2.75, 3.05) is 46.3 Å². The summed E-state index contributed by atoms with van der Waals surface area (Å²) in [6, 6.07) is 7.18. The molecule has 0 saturated carbocycles. The van der Waals surface area contributed by atoms with Crippen LogP contribution in [0.2, 0.25) is 0 Å². The number of aromatic nitrogens is 2. The van der Waals surface area contributed by atoms with Gasteiger partial charge >= 0.3 is 5.69 Å². The molecule has 1 aliphatic heterocycles. The highest BCUT2D eigenvalue weighted by molar-refractivity contribution is 7.80. The highest BCUT2D eigenvalue weighted by Gasteiger charge is 2.21. The monoisotopic (exact) mass is 458 g/mol. The third kappa shape index (κ3) is 5.08. The predicted octanol–water partition coefficient (Wildman–Crippen LogP) is 0.861. The maximum Gasteiger partial charge on any atom is 0.335 e. The molecule has 0 radical (unpaired) electrons. The molecular formula is C22H30N6O3S. The molecule has 172 valence electrons. The van der Waals surface area contributed by atoms with Gasteiger partial charge < -0.3 is 15.3 Å². The fraction of sp³-hybridized carbons (Fsp3) is 0.455. The minimum atomic E-state index is -0.682. The van der Waals surface area contributed by atoms with Crippen LogP contribution in [0.15, 0.2) is 38.8 Å². The molecule has 2 heterocycles. The molecule has 3 rings (SSSR count). The molecule has 1 aromatic heterocycles. The zero-order chi connectivity index (χ0) is 23.3. The highest BCUT2D eigenvalue weighted by atomic mass is 32.1. The van der Waals surface area contributed by atoms with Crippen LogP contribution in [0.4, 0.5) is 0 Å². The van der Waals surface area contributed by atoms with E-state index in [1.165, 1.54) is 0 Å². The maximum absolute atomic E-state index is 12.6. The third-order valence-electron chi connectivity index (χ3n) is 5.66. The molecule has 1 saturated heterocycles. The highest BCUT2D eigenvalue weighted by Crippen LogP contribution is 2.20. The molecule has 9 nitrogen and oxygen atoms in total. The largest absolute Gasteiger partial charge is 0.493 e. The van der Waals surface area contributed by atoms with E-state index in [1.807, 2.05) is 33.0 Å². The molecule has 0 aliphatic carbocycles. The molecule has 1 fully saturated rings. The topological polar surface area (TPSA) is 106 Å². The van der Waals surface area contributed by atoms with Crippen molar-refractivity contribution in [3.05, 3.63) is 56.2 Å². The normalized spacial score (nSPS) is 15.1. The lowest BCUT2D eigenvalue weighted by Crippen LogP contribution is -2.51. The van der Waals surface area contributed by atoms with Crippen LogP contribution < -0.4 is 16.6 Å². The molecule has 3 N–H and O–H groups in total. The number of aromatic amines is 1. The summed E-state index contributed by atoms with van der Waals surface area (Å²) in [5, 5.41) is 14.7. The number of para-hydroxylation sites is 1. The Morgan fingerprint density at radius 3 is 2.53 bits per heavy atom. The van der Waals surface area contributed by atoms with Gasteiger partial charge in [0.2, 0.25) is 5.88 Å². The van der Waals surface area contributed by atoms with Gasteiger partial charge in [-0.05, 0) is 37.2 Å². The van der Waals surface area contributed by atoms with E-state index in [2.05, 4.69) is 25.1 Å². The molecular weight excluding hydrogens is 428 g/mol. The smallest absolute Gasteiger partial charge is 0.335 e. The van der Waals surface area contributed by atoms with Gasteiger partial charge in [-0.3, -0.25) is 19.7 Å². The van der Waals surface area contributed by atoms with Crippen molar-refractivity contribution in [3.8, 4) is 11.6 Å². The van der Waals surface area contributed by atoms with Crippen LogP contribution in [0.1, 0.15) is 24.5 Å². The summed E-state index contributed by atoms with van der Waals surface area (Å²) >= 11 is 5.29. The van der Waals surface area contributed by atoms with E-state index >= 15 is 0 Å². The molecule has 0 unspecified atom stereocenters. The van der Waals surface area contributed by atoms with E-state index in [0.717, 1.165) is 48.0 Å². The second kappa shape index (κ2) is 10.6. The average Bonchev–Trinajstić information content (AvgIpc) is 2.78. The molecule has 1 aliphatic rings. The number of piperazine rings is 1. The second-order valence-corrected chi connectivity index (χ2v) is 8.03. The summed E-state index contributed by atoms with van der Waals surface area (Å²) in [5.74, 6) is -0.386. The Balaban J connectivity index is 1.80. The second-order valence-electron chi connectivity index (χ2n) is 7.65. The van der Waals surface area contributed by atoms with Gasteiger partial charge in [-0.2, -0.15) is 0 Å². The molecule has 0 amide bonds. The van der Waals surface area contributed by atoms with Gasteiger partial charge in [-0.15, -0.1) is 0 Å². The number of hydrogen-bond donors (Lipinski definition) is 3. The van der Waals surface area contributed by atoms with Gasteiger partial charge in [0.15, 0.2) is 5.11 Å². The van der Waals surface area contributed by atoms with Crippen molar-refractivity contribution in [3.63, 3.8) is 0 Å². The van der Waals surface area contributed by atoms with Gasteiger partial charge in [0.05, 0.1) is 17.9 Å². The molecule has 2 aromatic rings. The van der Waals surface area contributed by atoms with E-state index in [-0.39, 0.29) is 11.4 Å². The molecule has 32 heavy (non-hydrogen) atoms. The van der Waals surface area contributed by atoms with Crippen molar-refractivity contribution in [2.45, 2.75) is 20.3 Å². The Labute approximate surface area is 192 Å². The van der Waals surface area contributed by atoms with Crippen LogP contribution in [0, 0.1) is 6.92 Å². The van der Waals surface area contributed by atoms with E-state index in [4.69, 9.17) is 12.2 Å². The lowest BCUT2D eigenvalue weighted by molar-refractivity contribution is 0.186. The summed E-state index contributed by atoms with van der Waals surface area (Å²) in [4.78, 5) is 36.4. The van der Waals surface area contributed by atoms with Crippen LogP contribution in [-0.2, 0) is 0 Å². The Morgan fingerprint density at radius 2 is 1.91 bits per heavy atom. The maximum atomic E-state index is 12.6. The van der Waals surface area contributed by atoms with Crippen molar-refractivity contribution in [2.24, 2.45) is 4.99 Å². The minimum Gasteiger partial charge on any atom is -0.493 e. The Kier molecular flexibility index (Phi) is 7.81. The van der Waals surface area contributed by atoms with Gasteiger partial charge in [-0.1, -0.05) is 25.1 Å². The van der Waals surface area contributed by atoms with E-state index in [0.29, 0.717) is 24.4 Å². The molecule has 10 heteroatoms. The number of H-pyrrole nitrogens is 1. The van der Waals surface area contributed by atoms with Crippen molar-refractivity contribution in [1.29, 1.82) is 0 Å². The number of aromatic hydroxyl groups is 1. The summed E-state index contributed by atoms with van der Waals surface area (Å²) in [7, 11) is 1.83. The fourth-order valence-electron chi connectivity index (χ4n) is 3.85. The van der Waals surface area contributed by atoms with Gasteiger partial charge in [0.1, 0.15) is 5.56 Å². The van der Waals surface area contributed by atoms with Crippen LogP contribution >= 0.6 is 12.2 Å². The fourth-order valence-corrected chi connectivity index (χ4v) is 4.03. The van der Waals surface area contributed by atoms with Gasteiger partial charge in [0.25, 0.3) is 5.56 Å².